The van der Waals surface area contributed by atoms with Crippen LogP contribution in [0.3, 0.4) is 0 Å². The van der Waals surface area contributed by atoms with Gasteiger partial charge in [-0.2, -0.15) is 0 Å². The zero-order chi connectivity index (χ0) is 14.4. The molecule has 0 aliphatic rings. The van der Waals surface area contributed by atoms with Crippen molar-refractivity contribution in [1.82, 2.24) is 0 Å². The van der Waals surface area contributed by atoms with Crippen LogP contribution in [0.15, 0.2) is 57.9 Å². The van der Waals surface area contributed by atoms with E-state index in [2.05, 4.69) is 59.3 Å². The Hall–Kier alpha value is -0.770. The van der Waals surface area contributed by atoms with Gasteiger partial charge in [-0.3, -0.25) is 0 Å². The van der Waals surface area contributed by atoms with Crippen molar-refractivity contribution < 1.29 is 5.11 Å². The highest BCUT2D eigenvalue weighted by molar-refractivity contribution is 9.10. The second-order valence-corrected chi connectivity index (χ2v) is 6.81. The molecule has 0 aliphatic carbocycles. The van der Waals surface area contributed by atoms with Gasteiger partial charge >= 0.3 is 0 Å². The zero-order valence-electron chi connectivity index (χ0n) is 11.6. The number of benzene rings is 2. The Morgan fingerprint density at radius 3 is 2.45 bits per heavy atom. The Morgan fingerprint density at radius 1 is 1.10 bits per heavy atom. The molecule has 1 N–H and O–H groups in total. The molecular weight excluding hydrogens is 332 g/mol. The summed E-state index contributed by atoms with van der Waals surface area (Å²) >= 11 is 5.15. The number of rotatable bonds is 6. The van der Waals surface area contributed by atoms with E-state index < -0.39 is 0 Å². The van der Waals surface area contributed by atoms with Crippen LogP contribution in [0.25, 0.3) is 0 Å². The second-order valence-electron chi connectivity index (χ2n) is 4.80. The maximum Gasteiger partial charge on any atom is 0.0674 e. The molecule has 2 aromatic carbocycles. The van der Waals surface area contributed by atoms with Gasteiger partial charge in [0.2, 0.25) is 0 Å². The number of aliphatic hydroxyl groups is 1. The van der Waals surface area contributed by atoms with Gasteiger partial charge in [-0.25, -0.2) is 0 Å². The number of thioether (sulfide) groups is 1. The number of hydrogen-bond acceptors (Lipinski definition) is 2. The minimum absolute atomic E-state index is 0.313. The van der Waals surface area contributed by atoms with Crippen LogP contribution in [0.2, 0.25) is 0 Å². The lowest BCUT2D eigenvalue weighted by Gasteiger charge is -2.11. The number of halogens is 1. The zero-order valence-corrected chi connectivity index (χ0v) is 14.0. The molecule has 2 rings (SSSR count). The summed E-state index contributed by atoms with van der Waals surface area (Å²) in [6, 6.07) is 16.7. The standard InChI is InChI=1S/C17H19BrOS/c1-2-13-6-8-14(9-7-13)10-16(19)12-20-17-5-3-4-15(18)11-17/h3-9,11,16,19H,2,10,12H2,1H3. The molecule has 0 radical (unpaired) electrons. The van der Waals surface area contributed by atoms with Crippen molar-refractivity contribution in [2.45, 2.75) is 30.8 Å². The maximum absolute atomic E-state index is 10.1. The van der Waals surface area contributed by atoms with Gasteiger partial charge < -0.3 is 5.11 Å². The summed E-state index contributed by atoms with van der Waals surface area (Å²) in [6.07, 6.45) is 1.46. The number of hydrogen-bond donors (Lipinski definition) is 1. The fourth-order valence-electron chi connectivity index (χ4n) is 1.99. The minimum atomic E-state index is -0.313. The first-order valence-corrected chi connectivity index (χ1v) is 8.59. The molecule has 0 fully saturated rings. The quantitative estimate of drug-likeness (QED) is 0.761. The molecule has 1 nitrogen and oxygen atoms in total. The Bertz CT molecular complexity index is 539. The largest absolute Gasteiger partial charge is 0.392 e. The normalized spacial score (nSPS) is 12.3. The van der Waals surface area contributed by atoms with Gasteiger partial charge in [-0.15, -0.1) is 11.8 Å². The first kappa shape index (κ1) is 15.6. The van der Waals surface area contributed by atoms with E-state index in [4.69, 9.17) is 0 Å². The Kier molecular flexibility index (Phi) is 6.14. The SMILES string of the molecule is CCc1ccc(CC(O)CSc2cccc(Br)c2)cc1. The molecule has 0 heterocycles. The monoisotopic (exact) mass is 350 g/mol. The molecule has 0 saturated carbocycles. The van der Waals surface area contributed by atoms with Crippen molar-refractivity contribution >= 4 is 27.7 Å². The highest BCUT2D eigenvalue weighted by atomic mass is 79.9. The van der Waals surface area contributed by atoms with Crippen LogP contribution < -0.4 is 0 Å². The van der Waals surface area contributed by atoms with Gasteiger partial charge in [-0.1, -0.05) is 53.2 Å². The van der Waals surface area contributed by atoms with Crippen LogP contribution >= 0.6 is 27.7 Å². The summed E-state index contributed by atoms with van der Waals surface area (Å²) < 4.78 is 1.08. The molecule has 0 amide bonds. The van der Waals surface area contributed by atoms with E-state index in [-0.39, 0.29) is 6.10 Å². The average Bonchev–Trinajstić information content (AvgIpc) is 2.46. The van der Waals surface area contributed by atoms with E-state index in [0.29, 0.717) is 12.2 Å². The molecule has 0 saturated heterocycles. The molecule has 1 atom stereocenters. The van der Waals surface area contributed by atoms with Crippen LogP contribution in [0.1, 0.15) is 18.1 Å². The van der Waals surface area contributed by atoms with Crippen LogP contribution in [-0.2, 0) is 12.8 Å². The maximum atomic E-state index is 10.1. The van der Waals surface area contributed by atoms with Gasteiger partial charge in [-0.05, 0) is 42.2 Å². The van der Waals surface area contributed by atoms with E-state index in [9.17, 15) is 5.11 Å². The molecule has 2 aromatic rings. The molecular formula is C17H19BrOS. The Labute approximate surface area is 133 Å². The summed E-state index contributed by atoms with van der Waals surface area (Å²) in [5, 5.41) is 10.1. The molecule has 0 bridgehead atoms. The third kappa shape index (κ3) is 4.97. The Balaban J connectivity index is 1.84. The predicted octanol–water partition coefficient (Wildman–Crippen LogP) is 4.71. The summed E-state index contributed by atoms with van der Waals surface area (Å²) in [4.78, 5) is 1.18. The van der Waals surface area contributed by atoms with Crippen LogP contribution in [0.4, 0.5) is 0 Å². The molecule has 20 heavy (non-hydrogen) atoms. The van der Waals surface area contributed by atoms with E-state index >= 15 is 0 Å². The first-order chi connectivity index (χ1) is 9.67. The van der Waals surface area contributed by atoms with E-state index in [1.165, 1.54) is 16.0 Å². The summed E-state index contributed by atoms with van der Waals surface area (Å²) in [6.45, 7) is 2.15. The van der Waals surface area contributed by atoms with Gasteiger partial charge in [0.1, 0.15) is 0 Å². The summed E-state index contributed by atoms with van der Waals surface area (Å²) in [7, 11) is 0. The lowest BCUT2D eigenvalue weighted by molar-refractivity contribution is 0.200. The molecule has 3 heteroatoms. The smallest absolute Gasteiger partial charge is 0.0674 e. The topological polar surface area (TPSA) is 20.2 Å². The van der Waals surface area contributed by atoms with Gasteiger partial charge in [0.25, 0.3) is 0 Å². The number of aliphatic hydroxyl groups excluding tert-OH is 1. The van der Waals surface area contributed by atoms with Crippen molar-refractivity contribution in [1.29, 1.82) is 0 Å². The van der Waals surface area contributed by atoms with Gasteiger partial charge in [0, 0.05) is 15.1 Å². The van der Waals surface area contributed by atoms with Crippen LogP contribution in [0.5, 0.6) is 0 Å². The van der Waals surface area contributed by atoms with Gasteiger partial charge in [0.15, 0.2) is 0 Å². The fourth-order valence-corrected chi connectivity index (χ4v) is 3.43. The second kappa shape index (κ2) is 7.87. The van der Waals surface area contributed by atoms with Crippen molar-refractivity contribution in [2.24, 2.45) is 0 Å². The van der Waals surface area contributed by atoms with E-state index in [0.717, 1.165) is 10.9 Å². The van der Waals surface area contributed by atoms with Crippen LogP contribution in [0, 0.1) is 0 Å². The lowest BCUT2D eigenvalue weighted by atomic mass is 10.1. The van der Waals surface area contributed by atoms with E-state index in [1.54, 1.807) is 11.8 Å². The Morgan fingerprint density at radius 2 is 1.80 bits per heavy atom. The molecule has 0 aromatic heterocycles. The fraction of sp³-hybridized carbons (Fsp3) is 0.294. The average molecular weight is 351 g/mol. The third-order valence-corrected chi connectivity index (χ3v) is 4.77. The lowest BCUT2D eigenvalue weighted by Crippen LogP contribution is -2.13. The highest BCUT2D eigenvalue weighted by Gasteiger charge is 2.07. The van der Waals surface area contributed by atoms with Crippen molar-refractivity contribution in [3.8, 4) is 0 Å². The minimum Gasteiger partial charge on any atom is -0.392 e. The highest BCUT2D eigenvalue weighted by Crippen LogP contribution is 2.23. The summed E-state index contributed by atoms with van der Waals surface area (Å²) in [5.41, 5.74) is 2.54. The third-order valence-electron chi connectivity index (χ3n) is 3.14. The van der Waals surface area contributed by atoms with Crippen molar-refractivity contribution in [3.05, 3.63) is 64.1 Å². The van der Waals surface area contributed by atoms with Gasteiger partial charge in [0.05, 0.1) is 6.10 Å². The molecule has 0 aliphatic heterocycles. The summed E-state index contributed by atoms with van der Waals surface area (Å²) in [5.74, 6) is 0.714. The van der Waals surface area contributed by atoms with Crippen molar-refractivity contribution in [2.75, 3.05) is 5.75 Å². The van der Waals surface area contributed by atoms with Crippen LogP contribution in [-0.4, -0.2) is 17.0 Å². The van der Waals surface area contributed by atoms with E-state index in [1.807, 2.05) is 12.1 Å². The first-order valence-electron chi connectivity index (χ1n) is 6.81. The molecule has 0 spiro atoms. The molecule has 1 unspecified atom stereocenters. The predicted molar refractivity (Wildman–Crippen MR) is 90.4 cm³/mol. The number of aryl methyl sites for hydroxylation is 1. The molecule has 106 valence electrons. The van der Waals surface area contributed by atoms with Crippen molar-refractivity contribution in [3.63, 3.8) is 0 Å².